The summed E-state index contributed by atoms with van der Waals surface area (Å²) in [7, 11) is 0. The molecular formula is C24H20ClN3O3. The molecule has 6 nitrogen and oxygen atoms in total. The lowest BCUT2D eigenvalue weighted by molar-refractivity contribution is -0.137. The summed E-state index contributed by atoms with van der Waals surface area (Å²) in [6, 6.07) is 17.7. The maximum Gasteiger partial charge on any atom is 0.278 e. The zero-order chi connectivity index (χ0) is 21.8. The number of benzene rings is 2. The maximum absolute atomic E-state index is 13.3. The van der Waals surface area contributed by atoms with Gasteiger partial charge >= 0.3 is 0 Å². The second kappa shape index (κ2) is 9.02. The number of imide groups is 1. The van der Waals surface area contributed by atoms with Gasteiger partial charge in [-0.15, -0.1) is 0 Å². The molecular weight excluding hydrogens is 414 g/mol. The highest BCUT2D eigenvalue weighted by Gasteiger charge is 2.39. The van der Waals surface area contributed by atoms with Crippen LogP contribution in [0.2, 0.25) is 5.02 Å². The molecule has 1 N–H and O–H groups in total. The number of aromatic nitrogens is 1. The van der Waals surface area contributed by atoms with Gasteiger partial charge < -0.3 is 10.1 Å². The van der Waals surface area contributed by atoms with E-state index in [0.717, 1.165) is 5.56 Å². The third-order valence-electron chi connectivity index (χ3n) is 4.84. The molecule has 2 amide bonds. The molecule has 1 aromatic heterocycles. The number of hydrogen-bond donors (Lipinski definition) is 1. The Hall–Kier alpha value is -3.64. The van der Waals surface area contributed by atoms with Gasteiger partial charge in [0.15, 0.2) is 0 Å². The van der Waals surface area contributed by atoms with E-state index in [4.69, 9.17) is 16.3 Å². The van der Waals surface area contributed by atoms with E-state index in [0.29, 0.717) is 34.2 Å². The van der Waals surface area contributed by atoms with Crippen LogP contribution >= 0.6 is 11.6 Å². The van der Waals surface area contributed by atoms with Gasteiger partial charge in [-0.1, -0.05) is 35.9 Å². The molecule has 156 valence electrons. The van der Waals surface area contributed by atoms with Crippen LogP contribution in [0.1, 0.15) is 18.1 Å². The molecule has 7 heteroatoms. The van der Waals surface area contributed by atoms with Gasteiger partial charge in [0, 0.05) is 17.4 Å². The zero-order valence-corrected chi connectivity index (χ0v) is 17.6. The monoisotopic (exact) mass is 433 g/mol. The van der Waals surface area contributed by atoms with Crippen molar-refractivity contribution < 1.29 is 14.3 Å². The Bertz CT molecular complexity index is 1140. The fourth-order valence-corrected chi connectivity index (χ4v) is 3.50. The normalized spacial score (nSPS) is 13.7. The third-order valence-corrected chi connectivity index (χ3v) is 5.09. The van der Waals surface area contributed by atoms with Crippen LogP contribution in [0.15, 0.2) is 78.8 Å². The summed E-state index contributed by atoms with van der Waals surface area (Å²) < 4.78 is 5.67. The van der Waals surface area contributed by atoms with Crippen molar-refractivity contribution in [3.8, 4) is 5.75 Å². The van der Waals surface area contributed by atoms with Crippen molar-refractivity contribution in [3.05, 3.63) is 94.9 Å². The number of nitrogens with zero attached hydrogens (tertiary/aromatic N) is 2. The largest absolute Gasteiger partial charge is 0.492 e. The van der Waals surface area contributed by atoms with Crippen LogP contribution in [0.3, 0.4) is 0 Å². The van der Waals surface area contributed by atoms with Gasteiger partial charge in [-0.05, 0) is 54.4 Å². The van der Waals surface area contributed by atoms with Gasteiger partial charge in [0.1, 0.15) is 11.4 Å². The Morgan fingerprint density at radius 1 is 0.968 bits per heavy atom. The Balaban J connectivity index is 1.76. The molecule has 2 heterocycles. The number of carbonyl (C=O) groups is 2. The standard InChI is InChI=1S/C24H20ClN3O3/c1-2-31-20-6-4-3-5-19(20)27-22-21(17-7-9-18(25)10-8-17)23(29)28(24(22)30)15-16-11-13-26-14-12-16/h3-14,27H,2,15H2,1H3. The highest BCUT2D eigenvalue weighted by atomic mass is 35.5. The van der Waals surface area contributed by atoms with Crippen molar-refractivity contribution in [2.45, 2.75) is 13.5 Å². The molecule has 0 unspecified atom stereocenters. The first kappa shape index (κ1) is 20.6. The minimum Gasteiger partial charge on any atom is -0.492 e. The number of halogens is 1. The summed E-state index contributed by atoms with van der Waals surface area (Å²) in [5.41, 5.74) is 2.52. The van der Waals surface area contributed by atoms with Gasteiger partial charge in [0.25, 0.3) is 11.8 Å². The number of para-hydroxylation sites is 2. The average Bonchev–Trinajstić information content (AvgIpc) is 3.01. The predicted molar refractivity (Wildman–Crippen MR) is 119 cm³/mol. The fraction of sp³-hybridized carbons (Fsp3) is 0.125. The van der Waals surface area contributed by atoms with Gasteiger partial charge in [-0.3, -0.25) is 19.5 Å². The number of pyridine rings is 1. The van der Waals surface area contributed by atoms with Crippen LogP contribution in [0, 0.1) is 0 Å². The lowest BCUT2D eigenvalue weighted by Gasteiger charge is -2.16. The first-order valence-corrected chi connectivity index (χ1v) is 10.2. The van der Waals surface area contributed by atoms with Crippen molar-refractivity contribution in [1.29, 1.82) is 0 Å². The Kier molecular flexibility index (Phi) is 6.00. The molecule has 0 radical (unpaired) electrons. The van der Waals surface area contributed by atoms with Gasteiger partial charge in [0.2, 0.25) is 0 Å². The summed E-state index contributed by atoms with van der Waals surface area (Å²) in [5, 5.41) is 3.70. The van der Waals surface area contributed by atoms with E-state index >= 15 is 0 Å². The predicted octanol–water partition coefficient (Wildman–Crippen LogP) is 4.53. The number of rotatable bonds is 7. The third kappa shape index (κ3) is 4.29. The van der Waals surface area contributed by atoms with Crippen LogP contribution in [0.25, 0.3) is 5.57 Å². The zero-order valence-electron chi connectivity index (χ0n) is 16.8. The summed E-state index contributed by atoms with van der Waals surface area (Å²) in [6.07, 6.45) is 3.26. The van der Waals surface area contributed by atoms with Gasteiger partial charge in [0.05, 0.1) is 24.4 Å². The maximum atomic E-state index is 13.3. The summed E-state index contributed by atoms with van der Waals surface area (Å²) in [6.45, 7) is 2.51. The fourth-order valence-electron chi connectivity index (χ4n) is 3.38. The van der Waals surface area contributed by atoms with Crippen LogP contribution in [0.5, 0.6) is 5.75 Å². The van der Waals surface area contributed by atoms with E-state index in [-0.39, 0.29) is 18.1 Å². The SMILES string of the molecule is CCOc1ccccc1NC1=C(c2ccc(Cl)cc2)C(=O)N(Cc2ccncc2)C1=O. The van der Waals surface area contributed by atoms with Crippen LogP contribution in [0.4, 0.5) is 5.69 Å². The molecule has 4 rings (SSSR count). The van der Waals surface area contributed by atoms with E-state index in [1.54, 1.807) is 54.9 Å². The Morgan fingerprint density at radius 2 is 1.68 bits per heavy atom. The van der Waals surface area contributed by atoms with Crippen molar-refractivity contribution in [2.75, 3.05) is 11.9 Å². The number of ether oxygens (including phenoxy) is 1. The summed E-state index contributed by atoms with van der Waals surface area (Å²) in [5.74, 6) is -0.181. The molecule has 2 aromatic carbocycles. The highest BCUT2D eigenvalue weighted by Crippen LogP contribution is 2.34. The molecule has 1 aliphatic rings. The van der Waals surface area contributed by atoms with Crippen molar-refractivity contribution in [3.63, 3.8) is 0 Å². The van der Waals surface area contributed by atoms with Crippen LogP contribution in [-0.2, 0) is 16.1 Å². The van der Waals surface area contributed by atoms with E-state index < -0.39 is 5.91 Å². The molecule has 0 bridgehead atoms. The minimum atomic E-state index is -0.405. The number of anilines is 1. The van der Waals surface area contributed by atoms with E-state index in [2.05, 4.69) is 10.3 Å². The molecule has 0 spiro atoms. The second-order valence-electron chi connectivity index (χ2n) is 6.86. The first-order valence-electron chi connectivity index (χ1n) is 9.82. The molecule has 0 fully saturated rings. The van der Waals surface area contributed by atoms with E-state index in [9.17, 15) is 9.59 Å². The van der Waals surface area contributed by atoms with Gasteiger partial charge in [-0.25, -0.2) is 0 Å². The van der Waals surface area contributed by atoms with Crippen molar-refractivity contribution in [1.82, 2.24) is 9.88 Å². The highest BCUT2D eigenvalue weighted by molar-refractivity contribution is 6.36. The molecule has 31 heavy (non-hydrogen) atoms. The first-order chi connectivity index (χ1) is 15.1. The molecule has 0 aliphatic carbocycles. The number of hydrogen-bond acceptors (Lipinski definition) is 5. The smallest absolute Gasteiger partial charge is 0.278 e. The molecule has 0 atom stereocenters. The van der Waals surface area contributed by atoms with Gasteiger partial charge in [-0.2, -0.15) is 0 Å². The lowest BCUT2D eigenvalue weighted by Crippen LogP contribution is -2.32. The van der Waals surface area contributed by atoms with Crippen molar-refractivity contribution >= 4 is 34.7 Å². The van der Waals surface area contributed by atoms with E-state index in [1.807, 2.05) is 25.1 Å². The quantitative estimate of drug-likeness (QED) is 0.554. The molecule has 1 aliphatic heterocycles. The number of carbonyl (C=O) groups excluding carboxylic acids is 2. The molecule has 0 saturated carbocycles. The topological polar surface area (TPSA) is 71.5 Å². The number of amides is 2. The van der Waals surface area contributed by atoms with Crippen LogP contribution in [-0.4, -0.2) is 28.3 Å². The lowest BCUT2D eigenvalue weighted by atomic mass is 10.0. The minimum absolute atomic E-state index is 0.148. The Morgan fingerprint density at radius 3 is 2.39 bits per heavy atom. The summed E-state index contributed by atoms with van der Waals surface area (Å²) >= 11 is 6.02. The molecule has 3 aromatic rings. The van der Waals surface area contributed by atoms with Crippen molar-refractivity contribution in [2.24, 2.45) is 0 Å². The average molecular weight is 434 g/mol. The second-order valence-corrected chi connectivity index (χ2v) is 7.30. The Labute approximate surface area is 185 Å². The van der Waals surface area contributed by atoms with E-state index in [1.165, 1.54) is 4.90 Å². The molecule has 0 saturated heterocycles. The van der Waals surface area contributed by atoms with Crippen LogP contribution < -0.4 is 10.1 Å². The number of nitrogens with one attached hydrogen (secondary N) is 1. The summed E-state index contributed by atoms with van der Waals surface area (Å²) in [4.78, 5) is 31.9.